The van der Waals surface area contributed by atoms with Gasteiger partial charge in [-0.2, -0.15) is 27.1 Å². The van der Waals surface area contributed by atoms with Crippen LogP contribution in [0.5, 0.6) is 0 Å². The predicted molar refractivity (Wildman–Crippen MR) is 128 cm³/mol. The highest BCUT2D eigenvalue weighted by molar-refractivity contribution is 6.02. The molecule has 0 saturated heterocycles. The molecule has 2 aromatic heterocycles. The lowest BCUT2D eigenvalue weighted by atomic mass is 9.98. The summed E-state index contributed by atoms with van der Waals surface area (Å²) in [5.74, 6) is -5.21. The second kappa shape index (κ2) is 9.70. The molecule has 3 aromatic rings. The number of rotatable bonds is 7. The van der Waals surface area contributed by atoms with Gasteiger partial charge in [0.2, 0.25) is 5.91 Å². The number of nitrogens with one attached hydrogen (secondary N) is 1. The quantitative estimate of drug-likeness (QED) is 0.333. The summed E-state index contributed by atoms with van der Waals surface area (Å²) in [6.45, 7) is -1.36. The lowest BCUT2D eigenvalue weighted by Crippen LogP contribution is -2.48. The zero-order chi connectivity index (χ0) is 26.2. The number of halogens is 5. The van der Waals surface area contributed by atoms with Gasteiger partial charge in [0, 0.05) is 54.6 Å². The van der Waals surface area contributed by atoms with E-state index in [0.29, 0.717) is 23.7 Å². The maximum atomic E-state index is 13.5. The molecule has 1 fully saturated rings. The number of hydrogen-bond acceptors (Lipinski definition) is 4. The van der Waals surface area contributed by atoms with Crippen LogP contribution in [0.15, 0.2) is 55.1 Å². The van der Waals surface area contributed by atoms with E-state index in [2.05, 4.69) is 15.4 Å². The van der Waals surface area contributed by atoms with E-state index in [0.717, 1.165) is 40.0 Å². The molecule has 1 N–H and O–H groups in total. The Bertz CT molecular complexity index is 1330. The first kappa shape index (κ1) is 25.1. The third-order valence-electron chi connectivity index (χ3n) is 6.50. The van der Waals surface area contributed by atoms with Crippen LogP contribution in [0.2, 0.25) is 0 Å². The van der Waals surface area contributed by atoms with Gasteiger partial charge in [0.05, 0.1) is 18.8 Å². The number of carbonyl (C=O) groups is 1. The molecular weight excluding hydrogens is 493 g/mol. The fourth-order valence-electron chi connectivity index (χ4n) is 4.37. The van der Waals surface area contributed by atoms with Crippen LogP contribution in [-0.4, -0.2) is 50.8 Å². The second-order valence-corrected chi connectivity index (χ2v) is 9.37. The molecule has 1 saturated carbocycles. The SMILES string of the molecule is O=C(C=Cc1cnccc1-c1cnn(C2CC2)c1)Nc1ccc2c(c1)CN(CC(F)(F)C(F)(F)F)CC2. The highest BCUT2D eigenvalue weighted by atomic mass is 19.4. The predicted octanol–water partition coefficient (Wildman–Crippen LogP) is 5.49. The fourth-order valence-corrected chi connectivity index (χ4v) is 4.37. The number of hydrogen-bond donors (Lipinski definition) is 1. The van der Waals surface area contributed by atoms with Crippen molar-refractivity contribution >= 4 is 17.7 Å². The summed E-state index contributed by atoms with van der Waals surface area (Å²) < 4.78 is 66.8. The Morgan fingerprint density at radius 2 is 1.92 bits per heavy atom. The van der Waals surface area contributed by atoms with Gasteiger partial charge in [-0.1, -0.05) is 6.07 Å². The maximum absolute atomic E-state index is 13.5. The first-order chi connectivity index (χ1) is 17.6. The summed E-state index contributed by atoms with van der Waals surface area (Å²) in [7, 11) is 0. The number of fused-ring (bicyclic) bond motifs is 1. The molecular formula is C26H24F5N5O. The van der Waals surface area contributed by atoms with E-state index in [1.54, 1.807) is 42.9 Å². The van der Waals surface area contributed by atoms with Crippen LogP contribution in [0.25, 0.3) is 17.2 Å². The molecule has 0 unspecified atom stereocenters. The number of benzene rings is 1. The molecule has 5 rings (SSSR count). The average Bonchev–Trinajstić information content (AvgIpc) is 3.58. The first-order valence-corrected chi connectivity index (χ1v) is 11.9. The number of alkyl halides is 5. The molecule has 6 nitrogen and oxygen atoms in total. The summed E-state index contributed by atoms with van der Waals surface area (Å²) >= 11 is 0. The Kier molecular flexibility index (Phi) is 6.57. The van der Waals surface area contributed by atoms with Gasteiger partial charge in [-0.15, -0.1) is 0 Å². The minimum Gasteiger partial charge on any atom is -0.323 e. The number of amides is 1. The molecule has 0 spiro atoms. The Hall–Kier alpha value is -3.60. The summed E-state index contributed by atoms with van der Waals surface area (Å²) in [6, 6.07) is 7.35. The van der Waals surface area contributed by atoms with Crippen molar-refractivity contribution in [2.24, 2.45) is 0 Å². The molecule has 0 radical (unpaired) electrons. The van der Waals surface area contributed by atoms with Crippen molar-refractivity contribution in [2.75, 3.05) is 18.4 Å². The van der Waals surface area contributed by atoms with Crippen LogP contribution in [0.1, 0.15) is 35.6 Å². The molecule has 0 bridgehead atoms. The molecule has 194 valence electrons. The number of anilines is 1. The van der Waals surface area contributed by atoms with E-state index in [9.17, 15) is 26.7 Å². The van der Waals surface area contributed by atoms with Gasteiger partial charge in [0.15, 0.2) is 0 Å². The summed E-state index contributed by atoms with van der Waals surface area (Å²) in [6.07, 6.45) is 7.07. The number of aromatic nitrogens is 3. The first-order valence-electron chi connectivity index (χ1n) is 11.9. The highest BCUT2D eigenvalue weighted by Crippen LogP contribution is 2.37. The van der Waals surface area contributed by atoms with Crippen molar-refractivity contribution in [3.63, 3.8) is 0 Å². The lowest BCUT2D eigenvalue weighted by Gasteiger charge is -2.32. The van der Waals surface area contributed by atoms with E-state index >= 15 is 0 Å². The number of pyridine rings is 1. The largest absolute Gasteiger partial charge is 0.454 e. The van der Waals surface area contributed by atoms with Crippen LogP contribution < -0.4 is 5.32 Å². The minimum absolute atomic E-state index is 0.0614. The van der Waals surface area contributed by atoms with Crippen molar-refractivity contribution in [3.8, 4) is 11.1 Å². The fraction of sp³-hybridized carbons (Fsp3) is 0.346. The van der Waals surface area contributed by atoms with Crippen molar-refractivity contribution in [2.45, 2.75) is 43.9 Å². The smallest absolute Gasteiger partial charge is 0.323 e. The summed E-state index contributed by atoms with van der Waals surface area (Å²) in [5, 5.41) is 7.14. The molecule has 1 aliphatic heterocycles. The van der Waals surface area contributed by atoms with Crippen LogP contribution in [-0.2, 0) is 17.8 Å². The molecule has 1 amide bonds. The molecule has 3 heterocycles. The third kappa shape index (κ3) is 5.71. The van der Waals surface area contributed by atoms with Crippen molar-refractivity contribution in [1.82, 2.24) is 19.7 Å². The number of carbonyl (C=O) groups excluding carboxylic acids is 1. The molecule has 11 heteroatoms. The van der Waals surface area contributed by atoms with E-state index in [4.69, 9.17) is 0 Å². The van der Waals surface area contributed by atoms with Gasteiger partial charge in [0.1, 0.15) is 0 Å². The molecule has 2 aliphatic rings. The van der Waals surface area contributed by atoms with E-state index in [1.165, 1.54) is 6.08 Å². The normalized spacial score (nSPS) is 16.7. The summed E-state index contributed by atoms with van der Waals surface area (Å²) in [4.78, 5) is 17.8. The van der Waals surface area contributed by atoms with Crippen LogP contribution in [0, 0.1) is 0 Å². The van der Waals surface area contributed by atoms with Gasteiger partial charge in [-0.25, -0.2) is 0 Å². The van der Waals surface area contributed by atoms with Gasteiger partial charge >= 0.3 is 12.1 Å². The maximum Gasteiger partial charge on any atom is 0.454 e. The Labute approximate surface area is 209 Å². The lowest BCUT2D eigenvalue weighted by molar-refractivity contribution is -0.287. The minimum atomic E-state index is -5.60. The monoisotopic (exact) mass is 517 g/mol. The molecule has 1 aromatic carbocycles. The Balaban J connectivity index is 1.25. The molecule has 0 atom stereocenters. The molecule has 1 aliphatic carbocycles. The van der Waals surface area contributed by atoms with Crippen LogP contribution in [0.4, 0.5) is 27.6 Å². The van der Waals surface area contributed by atoms with E-state index in [-0.39, 0.29) is 13.1 Å². The topological polar surface area (TPSA) is 63.1 Å². The zero-order valence-corrected chi connectivity index (χ0v) is 19.7. The molecule has 37 heavy (non-hydrogen) atoms. The average molecular weight is 518 g/mol. The third-order valence-corrected chi connectivity index (χ3v) is 6.50. The second-order valence-electron chi connectivity index (χ2n) is 9.37. The Morgan fingerprint density at radius 3 is 2.68 bits per heavy atom. The zero-order valence-electron chi connectivity index (χ0n) is 19.7. The van der Waals surface area contributed by atoms with Crippen LogP contribution in [0.3, 0.4) is 0 Å². The highest BCUT2D eigenvalue weighted by Gasteiger charge is 2.58. The van der Waals surface area contributed by atoms with Gasteiger partial charge < -0.3 is 5.32 Å². The summed E-state index contributed by atoms with van der Waals surface area (Å²) in [5.41, 5.74) is 4.43. The van der Waals surface area contributed by atoms with Gasteiger partial charge in [-0.3, -0.25) is 19.4 Å². The van der Waals surface area contributed by atoms with Crippen LogP contribution >= 0.6 is 0 Å². The number of nitrogens with zero attached hydrogens (tertiary/aromatic N) is 4. The van der Waals surface area contributed by atoms with Crippen molar-refractivity contribution in [3.05, 3.63) is 71.8 Å². The van der Waals surface area contributed by atoms with E-state index in [1.807, 2.05) is 16.9 Å². The Morgan fingerprint density at radius 1 is 1.11 bits per heavy atom. The van der Waals surface area contributed by atoms with Gasteiger partial charge in [-0.05, 0) is 60.2 Å². The van der Waals surface area contributed by atoms with E-state index < -0.39 is 24.6 Å². The van der Waals surface area contributed by atoms with Crippen molar-refractivity contribution in [1.29, 1.82) is 0 Å². The van der Waals surface area contributed by atoms with Crippen molar-refractivity contribution < 1.29 is 26.7 Å². The van der Waals surface area contributed by atoms with Gasteiger partial charge in [0.25, 0.3) is 0 Å². The standard InChI is InChI=1S/C26H24F5N5O/c27-25(28,26(29,30)31)16-35-10-8-17-1-3-21(11-19(17)14-35)34-24(37)6-2-18-12-32-9-7-23(18)20-13-33-36(15-20)22-4-5-22/h1-3,6-7,9,11-13,15,22H,4-5,8,10,14,16H2,(H,34,37).